The fourth-order valence-electron chi connectivity index (χ4n) is 3.87. The van der Waals surface area contributed by atoms with Gasteiger partial charge in [-0.25, -0.2) is 23.4 Å². The maximum atomic E-state index is 11.7. The molecule has 10 heteroatoms. The molecule has 4 aromatic rings. The third kappa shape index (κ3) is 5.19. The van der Waals surface area contributed by atoms with Crippen LogP contribution in [0.2, 0.25) is 0 Å². The summed E-state index contributed by atoms with van der Waals surface area (Å²) in [6.07, 6.45) is 1.76. The van der Waals surface area contributed by atoms with Crippen molar-refractivity contribution in [2.75, 3.05) is 41.9 Å². The Kier molecular flexibility index (Phi) is 6.20. The van der Waals surface area contributed by atoms with Gasteiger partial charge in [0.05, 0.1) is 11.5 Å². The highest BCUT2D eigenvalue weighted by Crippen LogP contribution is 2.30. The molecule has 5 rings (SSSR count). The van der Waals surface area contributed by atoms with Crippen LogP contribution in [-0.2, 0) is 16.4 Å². The molecule has 4 heterocycles. The Balaban J connectivity index is 1.29. The fourth-order valence-corrected chi connectivity index (χ4v) is 5.98. The first-order chi connectivity index (χ1) is 16.3. The van der Waals surface area contributed by atoms with Gasteiger partial charge >= 0.3 is 0 Å². The number of nitrogens with zero attached hydrogens (tertiary/aromatic N) is 5. The first kappa shape index (κ1) is 22.7. The summed E-state index contributed by atoms with van der Waals surface area (Å²) < 4.78 is 23.3. The first-order valence-corrected chi connectivity index (χ1v) is 13.7. The van der Waals surface area contributed by atoms with Crippen molar-refractivity contribution in [3.63, 3.8) is 0 Å². The molecule has 1 saturated heterocycles. The average Bonchev–Trinajstić information content (AvgIpc) is 3.22. The molecule has 176 valence electrons. The van der Waals surface area contributed by atoms with E-state index in [1.165, 1.54) is 16.9 Å². The number of rotatable bonds is 6. The zero-order valence-electron chi connectivity index (χ0n) is 19.1. The van der Waals surface area contributed by atoms with Crippen LogP contribution in [0.25, 0.3) is 10.3 Å². The molecule has 0 aliphatic carbocycles. The molecule has 1 aliphatic rings. The van der Waals surface area contributed by atoms with Crippen molar-refractivity contribution in [2.24, 2.45) is 0 Å². The Hall–Kier alpha value is -3.08. The molecule has 0 saturated carbocycles. The zero-order valence-corrected chi connectivity index (χ0v) is 20.7. The van der Waals surface area contributed by atoms with Gasteiger partial charge in [-0.15, -0.1) is 0 Å². The van der Waals surface area contributed by atoms with Gasteiger partial charge in [-0.1, -0.05) is 29.0 Å². The monoisotopic (exact) mass is 494 g/mol. The number of nitrogens with one attached hydrogen (secondary N) is 1. The molecule has 0 amide bonds. The van der Waals surface area contributed by atoms with Crippen molar-refractivity contribution < 1.29 is 8.42 Å². The highest BCUT2D eigenvalue weighted by Gasteiger charge is 2.21. The molecule has 0 radical (unpaired) electrons. The summed E-state index contributed by atoms with van der Waals surface area (Å²) in [7, 11) is -0.872. The summed E-state index contributed by atoms with van der Waals surface area (Å²) in [6.45, 7) is 3.90. The second-order valence-electron chi connectivity index (χ2n) is 8.51. The Morgan fingerprint density at radius 3 is 2.59 bits per heavy atom. The minimum absolute atomic E-state index is 0.225. The van der Waals surface area contributed by atoms with E-state index in [1.807, 2.05) is 31.3 Å². The average molecular weight is 495 g/mol. The number of aromatic nitrogens is 3. The lowest BCUT2D eigenvalue weighted by molar-refractivity contribution is 0.287. The van der Waals surface area contributed by atoms with Crippen LogP contribution in [0.15, 0.2) is 54.7 Å². The smallest absolute Gasteiger partial charge is 0.190 e. The third-order valence-electron chi connectivity index (χ3n) is 5.91. The Bertz CT molecular complexity index is 1410. The SMILES string of the molecule is Cc1ccc(N(C)c2ccc3nc(Nc4cc(CN5CCS(=O)(=O)CC5)ccn4)sc3n2)cc1. The van der Waals surface area contributed by atoms with Crippen LogP contribution in [0.3, 0.4) is 0 Å². The Labute approximate surface area is 203 Å². The number of benzene rings is 1. The zero-order chi connectivity index (χ0) is 23.7. The largest absolute Gasteiger partial charge is 0.329 e. The molecule has 3 aromatic heterocycles. The fraction of sp³-hybridized carbons (Fsp3) is 0.292. The lowest BCUT2D eigenvalue weighted by Gasteiger charge is -2.26. The van der Waals surface area contributed by atoms with E-state index >= 15 is 0 Å². The van der Waals surface area contributed by atoms with E-state index in [4.69, 9.17) is 4.98 Å². The van der Waals surface area contributed by atoms with Gasteiger partial charge in [-0.3, -0.25) is 4.90 Å². The van der Waals surface area contributed by atoms with Crippen molar-refractivity contribution in [2.45, 2.75) is 13.5 Å². The second kappa shape index (κ2) is 9.28. The topological polar surface area (TPSA) is 91.3 Å². The maximum absolute atomic E-state index is 11.7. The van der Waals surface area contributed by atoms with Crippen molar-refractivity contribution in [1.82, 2.24) is 19.9 Å². The van der Waals surface area contributed by atoms with Crippen LogP contribution in [0.1, 0.15) is 11.1 Å². The lowest BCUT2D eigenvalue weighted by Crippen LogP contribution is -2.39. The van der Waals surface area contributed by atoms with Crippen LogP contribution in [0.4, 0.5) is 22.5 Å². The van der Waals surface area contributed by atoms with Crippen LogP contribution < -0.4 is 10.2 Å². The highest BCUT2D eigenvalue weighted by molar-refractivity contribution is 7.91. The number of hydrogen-bond acceptors (Lipinski definition) is 9. The number of anilines is 4. The van der Waals surface area contributed by atoms with E-state index < -0.39 is 9.84 Å². The summed E-state index contributed by atoms with van der Waals surface area (Å²) in [5, 5.41) is 4.03. The molecule has 0 bridgehead atoms. The van der Waals surface area contributed by atoms with Gasteiger partial charge in [-0.05, 0) is 48.9 Å². The molecular weight excluding hydrogens is 468 g/mol. The van der Waals surface area contributed by atoms with Gasteiger partial charge < -0.3 is 10.2 Å². The molecule has 0 unspecified atom stereocenters. The van der Waals surface area contributed by atoms with Crippen molar-refractivity contribution in [3.8, 4) is 0 Å². The molecule has 1 fully saturated rings. The summed E-state index contributed by atoms with van der Waals surface area (Å²) in [5.41, 5.74) is 4.21. The number of sulfone groups is 1. The highest BCUT2D eigenvalue weighted by atomic mass is 32.2. The van der Waals surface area contributed by atoms with Crippen LogP contribution >= 0.6 is 11.3 Å². The molecule has 0 atom stereocenters. The number of pyridine rings is 2. The molecule has 0 spiro atoms. The number of thiazole rings is 1. The predicted octanol–water partition coefficient (Wildman–Crippen LogP) is 4.14. The van der Waals surface area contributed by atoms with Gasteiger partial charge in [0.15, 0.2) is 15.0 Å². The molecular formula is C24H26N6O2S2. The summed E-state index contributed by atoms with van der Waals surface area (Å²) in [5.74, 6) is 2.01. The van der Waals surface area contributed by atoms with E-state index in [0.29, 0.717) is 25.5 Å². The molecule has 1 aliphatic heterocycles. The Morgan fingerprint density at radius 2 is 1.82 bits per heavy atom. The van der Waals surface area contributed by atoms with Gasteiger partial charge in [0, 0.05) is 38.6 Å². The van der Waals surface area contributed by atoms with Crippen LogP contribution in [-0.4, -0.2) is 59.9 Å². The minimum atomic E-state index is -2.88. The Morgan fingerprint density at radius 1 is 1.06 bits per heavy atom. The van der Waals surface area contributed by atoms with Gasteiger partial charge in [-0.2, -0.15) is 0 Å². The third-order valence-corrected chi connectivity index (χ3v) is 8.40. The lowest BCUT2D eigenvalue weighted by atomic mass is 10.2. The number of aryl methyl sites for hydroxylation is 1. The van der Waals surface area contributed by atoms with Crippen LogP contribution in [0.5, 0.6) is 0 Å². The van der Waals surface area contributed by atoms with Crippen molar-refractivity contribution in [1.29, 1.82) is 0 Å². The predicted molar refractivity (Wildman–Crippen MR) is 138 cm³/mol. The molecule has 34 heavy (non-hydrogen) atoms. The van der Waals surface area contributed by atoms with Gasteiger partial charge in [0.1, 0.15) is 22.0 Å². The summed E-state index contributed by atoms with van der Waals surface area (Å²) >= 11 is 1.49. The van der Waals surface area contributed by atoms with Crippen LogP contribution in [0, 0.1) is 6.92 Å². The first-order valence-electron chi connectivity index (χ1n) is 11.1. The van der Waals surface area contributed by atoms with E-state index in [9.17, 15) is 8.42 Å². The van der Waals surface area contributed by atoms with E-state index in [2.05, 4.69) is 56.3 Å². The maximum Gasteiger partial charge on any atom is 0.190 e. The van der Waals surface area contributed by atoms with Gasteiger partial charge in [0.2, 0.25) is 0 Å². The molecule has 8 nitrogen and oxygen atoms in total. The summed E-state index contributed by atoms with van der Waals surface area (Å²) in [4.78, 5) is 19.0. The minimum Gasteiger partial charge on any atom is -0.329 e. The quantitative estimate of drug-likeness (QED) is 0.428. The number of hydrogen-bond donors (Lipinski definition) is 1. The van der Waals surface area contributed by atoms with Gasteiger partial charge in [0.25, 0.3) is 0 Å². The molecule has 1 N–H and O–H groups in total. The van der Waals surface area contributed by atoms with E-state index in [1.54, 1.807) is 6.20 Å². The number of fused-ring (bicyclic) bond motifs is 1. The van der Waals surface area contributed by atoms with E-state index in [-0.39, 0.29) is 11.5 Å². The molecule has 1 aromatic carbocycles. The standard InChI is InChI=1S/C24H26N6O2S2/c1-17-3-5-19(6-4-17)29(2)22-8-7-20-23(28-22)33-24(26-20)27-21-15-18(9-10-25-21)16-30-11-13-34(31,32)14-12-30/h3-10,15H,11-14,16H2,1-2H3,(H,25,26,27). The van der Waals surface area contributed by atoms with E-state index in [0.717, 1.165) is 32.5 Å². The van der Waals surface area contributed by atoms with Crippen molar-refractivity contribution in [3.05, 3.63) is 65.9 Å². The van der Waals surface area contributed by atoms with Crippen molar-refractivity contribution >= 4 is 54.0 Å². The normalized spacial score (nSPS) is 15.9. The second-order valence-corrected chi connectivity index (χ2v) is 11.8. The summed E-state index contributed by atoms with van der Waals surface area (Å²) in [6, 6.07) is 16.3.